The van der Waals surface area contributed by atoms with Gasteiger partial charge in [0.15, 0.2) is 11.5 Å². The summed E-state index contributed by atoms with van der Waals surface area (Å²) >= 11 is 3.23. The second-order valence-electron chi connectivity index (χ2n) is 4.80. The van der Waals surface area contributed by atoms with Crippen LogP contribution < -0.4 is 9.47 Å². The predicted molar refractivity (Wildman–Crippen MR) is 74.0 cm³/mol. The Bertz CT molecular complexity index is 496. The standard InChI is InChI=1S/C13H17BrO5/c1-13(2,12(16)17)6-7-5-8(18-3)11(19-4)9(14)10(7)15/h5,15H,6H2,1-4H3,(H,16,17). The fourth-order valence-corrected chi connectivity index (χ4v) is 2.29. The molecule has 19 heavy (non-hydrogen) atoms. The second-order valence-corrected chi connectivity index (χ2v) is 5.59. The van der Waals surface area contributed by atoms with Crippen LogP contribution in [0.5, 0.6) is 17.2 Å². The minimum absolute atomic E-state index is 0.0352. The van der Waals surface area contributed by atoms with Gasteiger partial charge in [-0.1, -0.05) is 0 Å². The van der Waals surface area contributed by atoms with Gasteiger partial charge in [-0.05, 0) is 42.3 Å². The number of carbonyl (C=O) groups is 1. The van der Waals surface area contributed by atoms with E-state index in [1.807, 2.05) is 0 Å². The Balaban J connectivity index is 3.31. The highest BCUT2D eigenvalue weighted by molar-refractivity contribution is 9.10. The summed E-state index contributed by atoms with van der Waals surface area (Å²) in [5.74, 6) is -0.162. The first kappa shape index (κ1) is 15.6. The van der Waals surface area contributed by atoms with E-state index < -0.39 is 11.4 Å². The Morgan fingerprint density at radius 3 is 2.37 bits per heavy atom. The zero-order chi connectivity index (χ0) is 14.8. The van der Waals surface area contributed by atoms with E-state index in [1.165, 1.54) is 14.2 Å². The van der Waals surface area contributed by atoms with E-state index in [1.54, 1.807) is 19.9 Å². The molecule has 0 unspecified atom stereocenters. The van der Waals surface area contributed by atoms with Crippen LogP contribution in [0.15, 0.2) is 10.5 Å². The maximum absolute atomic E-state index is 11.1. The van der Waals surface area contributed by atoms with Gasteiger partial charge in [-0.25, -0.2) is 0 Å². The van der Waals surface area contributed by atoms with Crippen molar-refractivity contribution in [2.75, 3.05) is 14.2 Å². The number of carboxylic acid groups (broad SMARTS) is 1. The molecule has 0 aliphatic rings. The predicted octanol–water partition coefficient (Wildman–Crippen LogP) is 2.83. The lowest BCUT2D eigenvalue weighted by atomic mass is 9.85. The van der Waals surface area contributed by atoms with Gasteiger partial charge in [-0.2, -0.15) is 0 Å². The molecule has 0 aliphatic heterocycles. The van der Waals surface area contributed by atoms with Gasteiger partial charge in [0.2, 0.25) is 0 Å². The van der Waals surface area contributed by atoms with E-state index in [2.05, 4.69) is 15.9 Å². The zero-order valence-corrected chi connectivity index (χ0v) is 12.9. The number of phenols is 1. The smallest absolute Gasteiger partial charge is 0.309 e. The van der Waals surface area contributed by atoms with E-state index in [0.29, 0.717) is 21.5 Å². The number of rotatable bonds is 5. The quantitative estimate of drug-likeness (QED) is 0.867. The lowest BCUT2D eigenvalue weighted by Crippen LogP contribution is -2.26. The van der Waals surface area contributed by atoms with Crippen LogP contribution in [0.4, 0.5) is 0 Å². The van der Waals surface area contributed by atoms with Gasteiger partial charge in [0.25, 0.3) is 0 Å². The molecule has 0 radical (unpaired) electrons. The van der Waals surface area contributed by atoms with Gasteiger partial charge in [0.05, 0.1) is 19.6 Å². The summed E-state index contributed by atoms with van der Waals surface area (Å²) in [4.78, 5) is 11.1. The van der Waals surface area contributed by atoms with E-state index in [-0.39, 0.29) is 12.2 Å². The molecule has 6 heteroatoms. The lowest BCUT2D eigenvalue weighted by molar-refractivity contribution is -0.146. The highest BCUT2D eigenvalue weighted by Gasteiger charge is 2.30. The molecular weight excluding hydrogens is 316 g/mol. The van der Waals surface area contributed by atoms with Crippen molar-refractivity contribution in [3.05, 3.63) is 16.1 Å². The van der Waals surface area contributed by atoms with Crippen molar-refractivity contribution < 1.29 is 24.5 Å². The van der Waals surface area contributed by atoms with Crippen molar-refractivity contribution in [1.29, 1.82) is 0 Å². The number of hydrogen-bond acceptors (Lipinski definition) is 4. The highest BCUT2D eigenvalue weighted by Crippen LogP contribution is 2.45. The van der Waals surface area contributed by atoms with Crippen LogP contribution in [-0.4, -0.2) is 30.4 Å². The van der Waals surface area contributed by atoms with E-state index in [9.17, 15) is 9.90 Å². The topological polar surface area (TPSA) is 76.0 Å². The minimum Gasteiger partial charge on any atom is -0.506 e. The third-order valence-electron chi connectivity index (χ3n) is 2.88. The molecule has 0 atom stereocenters. The SMILES string of the molecule is COc1cc(CC(C)(C)C(=O)O)c(O)c(Br)c1OC. The molecule has 0 fully saturated rings. The molecule has 0 heterocycles. The number of methoxy groups -OCH3 is 2. The van der Waals surface area contributed by atoms with Crippen LogP contribution >= 0.6 is 15.9 Å². The van der Waals surface area contributed by atoms with Gasteiger partial charge >= 0.3 is 5.97 Å². The minimum atomic E-state index is -0.990. The van der Waals surface area contributed by atoms with Crippen LogP contribution in [0.1, 0.15) is 19.4 Å². The van der Waals surface area contributed by atoms with E-state index in [4.69, 9.17) is 14.6 Å². The fourth-order valence-electron chi connectivity index (χ4n) is 1.68. The van der Waals surface area contributed by atoms with Crippen molar-refractivity contribution in [3.63, 3.8) is 0 Å². The summed E-state index contributed by atoms with van der Waals surface area (Å²) < 4.78 is 10.7. The summed E-state index contributed by atoms with van der Waals surface area (Å²) in [6.45, 7) is 3.19. The first-order chi connectivity index (χ1) is 8.74. The van der Waals surface area contributed by atoms with Crippen molar-refractivity contribution in [1.82, 2.24) is 0 Å². The number of halogens is 1. The first-order valence-electron chi connectivity index (χ1n) is 5.60. The Kier molecular flexibility index (Phi) is 4.68. The molecule has 106 valence electrons. The molecule has 1 aromatic carbocycles. The molecule has 0 amide bonds. The van der Waals surface area contributed by atoms with Crippen molar-refractivity contribution in [2.24, 2.45) is 5.41 Å². The lowest BCUT2D eigenvalue weighted by Gasteiger charge is -2.21. The van der Waals surface area contributed by atoms with E-state index >= 15 is 0 Å². The summed E-state index contributed by atoms with van der Waals surface area (Å²) in [6, 6.07) is 1.59. The van der Waals surface area contributed by atoms with E-state index in [0.717, 1.165) is 0 Å². The van der Waals surface area contributed by atoms with Crippen LogP contribution in [0, 0.1) is 5.41 Å². The Morgan fingerprint density at radius 1 is 1.37 bits per heavy atom. The number of ether oxygens (including phenoxy) is 2. The molecule has 1 aromatic rings. The molecular formula is C13H17BrO5. The molecule has 0 bridgehead atoms. The van der Waals surface area contributed by atoms with Gasteiger partial charge in [-0.15, -0.1) is 0 Å². The molecule has 0 spiro atoms. The van der Waals surface area contributed by atoms with Crippen LogP contribution in [-0.2, 0) is 11.2 Å². The third-order valence-corrected chi connectivity index (χ3v) is 3.61. The molecule has 0 aromatic heterocycles. The summed E-state index contributed by atoms with van der Waals surface area (Å²) in [5, 5.41) is 19.2. The largest absolute Gasteiger partial charge is 0.506 e. The van der Waals surface area contributed by atoms with Crippen molar-refractivity contribution in [3.8, 4) is 17.2 Å². The van der Waals surface area contributed by atoms with Crippen molar-refractivity contribution in [2.45, 2.75) is 20.3 Å². The number of aromatic hydroxyl groups is 1. The Labute approximate surface area is 120 Å². The summed E-state index contributed by atoms with van der Waals surface area (Å²) in [7, 11) is 2.94. The molecule has 1 rings (SSSR count). The van der Waals surface area contributed by atoms with Crippen LogP contribution in [0.3, 0.4) is 0 Å². The number of hydrogen-bond donors (Lipinski definition) is 2. The number of carboxylic acids is 1. The molecule has 5 nitrogen and oxygen atoms in total. The van der Waals surface area contributed by atoms with Gasteiger partial charge in [0, 0.05) is 5.56 Å². The zero-order valence-electron chi connectivity index (χ0n) is 11.3. The maximum Gasteiger partial charge on any atom is 0.309 e. The van der Waals surface area contributed by atoms with Crippen LogP contribution in [0.25, 0.3) is 0 Å². The number of aliphatic carboxylic acids is 1. The fraction of sp³-hybridized carbons (Fsp3) is 0.462. The highest BCUT2D eigenvalue weighted by atomic mass is 79.9. The third kappa shape index (κ3) is 3.12. The van der Waals surface area contributed by atoms with Gasteiger partial charge in [0.1, 0.15) is 10.2 Å². The molecule has 0 saturated heterocycles. The normalized spacial score (nSPS) is 11.2. The molecule has 0 aliphatic carbocycles. The summed E-state index contributed by atoms with van der Waals surface area (Å²) in [6.07, 6.45) is 0.174. The average Bonchev–Trinajstić information content (AvgIpc) is 2.34. The number of phenolic OH excluding ortho intramolecular Hbond substituents is 1. The maximum atomic E-state index is 11.1. The Morgan fingerprint density at radius 2 is 1.95 bits per heavy atom. The van der Waals surface area contributed by atoms with Crippen molar-refractivity contribution >= 4 is 21.9 Å². The number of benzene rings is 1. The molecule has 0 saturated carbocycles. The first-order valence-corrected chi connectivity index (χ1v) is 6.39. The summed E-state index contributed by atoms with van der Waals surface area (Å²) in [5.41, 5.74) is -0.506. The second kappa shape index (κ2) is 5.69. The molecule has 2 N–H and O–H groups in total. The van der Waals surface area contributed by atoms with Crippen LogP contribution in [0.2, 0.25) is 0 Å². The average molecular weight is 333 g/mol. The van der Waals surface area contributed by atoms with Gasteiger partial charge in [-0.3, -0.25) is 4.79 Å². The Hall–Kier alpha value is -1.43. The monoisotopic (exact) mass is 332 g/mol. The van der Waals surface area contributed by atoms with Gasteiger partial charge < -0.3 is 19.7 Å².